The summed E-state index contributed by atoms with van der Waals surface area (Å²) in [6.07, 6.45) is 6.47. The van der Waals surface area contributed by atoms with Crippen molar-refractivity contribution in [1.29, 1.82) is 0 Å². The van der Waals surface area contributed by atoms with Crippen molar-refractivity contribution >= 4 is 23.6 Å². The molecule has 0 saturated carbocycles. The minimum absolute atomic E-state index is 0. The number of pyridine rings is 1. The van der Waals surface area contributed by atoms with Gasteiger partial charge in [0.2, 0.25) is 0 Å². The molecule has 0 aliphatic carbocycles. The van der Waals surface area contributed by atoms with Crippen molar-refractivity contribution in [1.82, 2.24) is 28.6 Å². The molecule has 1 saturated heterocycles. The maximum atomic E-state index is 13.4. The zero-order chi connectivity index (χ0) is 19.1. The third-order valence-corrected chi connectivity index (χ3v) is 5.55. The molecular formula is C21H23ClN6O. The molecule has 1 aliphatic rings. The van der Waals surface area contributed by atoms with Crippen LogP contribution in [-0.2, 0) is 13.6 Å². The molecular weight excluding hydrogens is 388 g/mol. The fourth-order valence-corrected chi connectivity index (χ4v) is 4.12. The third kappa shape index (κ3) is 3.36. The van der Waals surface area contributed by atoms with E-state index in [0.29, 0.717) is 0 Å². The maximum Gasteiger partial charge on any atom is 0.335 e. The lowest BCUT2D eigenvalue weighted by atomic mass is 10.2. The van der Waals surface area contributed by atoms with Crippen LogP contribution in [0.3, 0.4) is 0 Å². The highest BCUT2D eigenvalue weighted by molar-refractivity contribution is 5.85. The second-order valence-electron chi connectivity index (χ2n) is 7.30. The summed E-state index contributed by atoms with van der Waals surface area (Å²) in [4.78, 5) is 24.7. The molecule has 29 heavy (non-hydrogen) atoms. The van der Waals surface area contributed by atoms with Crippen LogP contribution in [0.1, 0.15) is 18.3 Å². The topological polar surface area (TPSA) is 60.9 Å². The van der Waals surface area contributed by atoms with Crippen molar-refractivity contribution in [2.75, 3.05) is 13.1 Å². The molecule has 0 N–H and O–H groups in total. The number of hydrogen-bond donors (Lipinski definition) is 0. The van der Waals surface area contributed by atoms with Crippen LogP contribution < -0.4 is 5.69 Å². The molecule has 1 unspecified atom stereocenters. The van der Waals surface area contributed by atoms with E-state index in [1.54, 1.807) is 10.8 Å². The minimum Gasteiger partial charge on any atom is -0.337 e. The molecule has 8 heteroatoms. The SMILES string of the molecule is Cl.Cn1ccnc1CN1CCC(n2c(=O)n(-c3ccccc3)c3cccnc32)C1. The monoisotopic (exact) mass is 410 g/mol. The van der Waals surface area contributed by atoms with Gasteiger partial charge in [-0.25, -0.2) is 14.8 Å². The van der Waals surface area contributed by atoms with E-state index in [1.165, 1.54) is 0 Å². The first-order valence-corrected chi connectivity index (χ1v) is 9.54. The number of hydrogen-bond acceptors (Lipinski definition) is 4. The summed E-state index contributed by atoms with van der Waals surface area (Å²) in [5, 5.41) is 0. The van der Waals surface area contributed by atoms with Gasteiger partial charge in [-0.15, -0.1) is 12.4 Å². The van der Waals surface area contributed by atoms with Crippen molar-refractivity contribution in [3.63, 3.8) is 0 Å². The van der Waals surface area contributed by atoms with E-state index in [1.807, 2.05) is 71.0 Å². The number of imidazole rings is 2. The summed E-state index contributed by atoms with van der Waals surface area (Å²) >= 11 is 0. The van der Waals surface area contributed by atoms with Gasteiger partial charge >= 0.3 is 5.69 Å². The molecule has 7 nitrogen and oxygen atoms in total. The highest BCUT2D eigenvalue weighted by atomic mass is 35.5. The number of fused-ring (bicyclic) bond motifs is 1. The van der Waals surface area contributed by atoms with Gasteiger partial charge in [-0.05, 0) is 30.7 Å². The fourth-order valence-electron chi connectivity index (χ4n) is 4.12. The lowest BCUT2D eigenvalue weighted by Gasteiger charge is -2.16. The molecule has 0 bridgehead atoms. The standard InChI is InChI=1S/C21H22N6O.ClH/c1-24-13-11-22-19(24)15-25-12-9-17(14-25)27-20-18(8-5-10-23-20)26(21(27)28)16-6-3-2-4-7-16;/h2-8,10-11,13,17H,9,12,14-15H2,1H3;1H. The largest absolute Gasteiger partial charge is 0.337 e. The summed E-state index contributed by atoms with van der Waals surface area (Å²) in [6, 6.07) is 13.7. The van der Waals surface area contributed by atoms with E-state index in [9.17, 15) is 4.79 Å². The van der Waals surface area contributed by atoms with E-state index in [-0.39, 0.29) is 24.1 Å². The smallest absolute Gasteiger partial charge is 0.335 e. The summed E-state index contributed by atoms with van der Waals surface area (Å²) < 4.78 is 5.69. The first-order chi connectivity index (χ1) is 13.7. The number of benzene rings is 1. The van der Waals surface area contributed by atoms with E-state index < -0.39 is 0 Å². The van der Waals surface area contributed by atoms with Gasteiger partial charge in [-0.1, -0.05) is 18.2 Å². The molecule has 1 fully saturated rings. The average Bonchev–Trinajstić information content (AvgIpc) is 3.40. The number of aromatic nitrogens is 5. The van der Waals surface area contributed by atoms with E-state index >= 15 is 0 Å². The van der Waals surface area contributed by atoms with Crippen LogP contribution in [0, 0.1) is 0 Å². The minimum atomic E-state index is -0.0243. The van der Waals surface area contributed by atoms with Crippen LogP contribution in [0.5, 0.6) is 0 Å². The second-order valence-corrected chi connectivity index (χ2v) is 7.30. The summed E-state index contributed by atoms with van der Waals surface area (Å²) in [5.41, 5.74) is 2.44. The molecule has 0 spiro atoms. The van der Waals surface area contributed by atoms with Crippen LogP contribution in [0.2, 0.25) is 0 Å². The van der Waals surface area contributed by atoms with Crippen molar-refractivity contribution < 1.29 is 0 Å². The van der Waals surface area contributed by atoms with Crippen molar-refractivity contribution in [3.8, 4) is 5.69 Å². The van der Waals surface area contributed by atoms with E-state index in [2.05, 4.69) is 14.9 Å². The number of likely N-dealkylation sites (tertiary alicyclic amines) is 1. The van der Waals surface area contributed by atoms with Crippen LogP contribution >= 0.6 is 12.4 Å². The normalized spacial score (nSPS) is 16.9. The number of aryl methyl sites for hydroxylation is 1. The number of nitrogens with zero attached hydrogens (tertiary/aromatic N) is 6. The molecule has 0 amide bonds. The van der Waals surface area contributed by atoms with Crippen LogP contribution in [0.25, 0.3) is 16.9 Å². The molecule has 1 atom stereocenters. The predicted octanol–water partition coefficient (Wildman–Crippen LogP) is 2.79. The molecule has 1 aromatic carbocycles. The Hall–Kier alpha value is -2.90. The van der Waals surface area contributed by atoms with Crippen molar-refractivity contribution in [2.45, 2.75) is 19.0 Å². The Labute approximate surface area is 174 Å². The Morgan fingerprint density at radius 1 is 1.07 bits per heavy atom. The zero-order valence-corrected chi connectivity index (χ0v) is 17.0. The van der Waals surface area contributed by atoms with Gasteiger partial charge < -0.3 is 4.57 Å². The zero-order valence-electron chi connectivity index (χ0n) is 16.2. The molecule has 5 rings (SSSR count). The van der Waals surface area contributed by atoms with Crippen LogP contribution in [0.4, 0.5) is 0 Å². The molecule has 4 aromatic rings. The van der Waals surface area contributed by atoms with Gasteiger partial charge in [0.25, 0.3) is 0 Å². The van der Waals surface area contributed by atoms with Gasteiger partial charge in [0.05, 0.1) is 23.8 Å². The molecule has 0 radical (unpaired) electrons. The Bertz CT molecular complexity index is 1180. The van der Waals surface area contributed by atoms with Crippen molar-refractivity contribution in [2.24, 2.45) is 7.05 Å². The summed E-state index contributed by atoms with van der Waals surface area (Å²) in [5.74, 6) is 1.04. The third-order valence-electron chi connectivity index (χ3n) is 5.55. The highest BCUT2D eigenvalue weighted by Crippen LogP contribution is 2.26. The Kier molecular flexibility index (Phi) is 5.25. The van der Waals surface area contributed by atoms with Gasteiger partial charge in [-0.2, -0.15) is 0 Å². The number of para-hydroxylation sites is 1. The Balaban J connectivity index is 0.00000205. The quantitative estimate of drug-likeness (QED) is 0.519. The van der Waals surface area contributed by atoms with Crippen molar-refractivity contribution in [3.05, 3.63) is 77.4 Å². The van der Waals surface area contributed by atoms with Gasteiger partial charge in [0.1, 0.15) is 5.82 Å². The second kappa shape index (κ2) is 7.85. The predicted molar refractivity (Wildman–Crippen MR) is 115 cm³/mol. The van der Waals surface area contributed by atoms with Gasteiger partial charge in [-0.3, -0.25) is 14.0 Å². The molecule has 150 valence electrons. The van der Waals surface area contributed by atoms with Gasteiger partial charge in [0, 0.05) is 38.7 Å². The Morgan fingerprint density at radius 3 is 2.66 bits per heavy atom. The lowest BCUT2D eigenvalue weighted by Crippen LogP contribution is -2.29. The van der Waals surface area contributed by atoms with Gasteiger partial charge in [0.15, 0.2) is 5.65 Å². The number of rotatable bonds is 4. The van der Waals surface area contributed by atoms with Crippen LogP contribution in [0.15, 0.2) is 65.8 Å². The average molecular weight is 411 g/mol. The fraction of sp³-hybridized carbons (Fsp3) is 0.286. The highest BCUT2D eigenvalue weighted by Gasteiger charge is 2.29. The van der Waals surface area contributed by atoms with E-state index in [4.69, 9.17) is 0 Å². The summed E-state index contributed by atoms with van der Waals surface area (Å²) in [7, 11) is 2.01. The first-order valence-electron chi connectivity index (χ1n) is 9.54. The molecule has 1 aliphatic heterocycles. The first kappa shape index (κ1) is 19.4. The van der Waals surface area contributed by atoms with E-state index in [0.717, 1.165) is 48.7 Å². The molecule has 4 heterocycles. The molecule has 3 aromatic heterocycles. The summed E-state index contributed by atoms with van der Waals surface area (Å²) in [6.45, 7) is 2.55. The number of halogens is 1. The van der Waals surface area contributed by atoms with Crippen LogP contribution in [-0.4, -0.2) is 41.7 Å². The lowest BCUT2D eigenvalue weighted by molar-refractivity contribution is 0.304. The Morgan fingerprint density at radius 2 is 1.90 bits per heavy atom. The maximum absolute atomic E-state index is 13.4.